The lowest BCUT2D eigenvalue weighted by molar-refractivity contribution is 0.0690. The maximum atomic E-state index is 13.1. The monoisotopic (exact) mass is 404 g/mol. The van der Waals surface area contributed by atoms with Crippen LogP contribution in [0, 0.1) is 5.92 Å². The number of hydrogen-bond acceptors (Lipinski definition) is 3. The molecule has 4 N–H and O–H groups in total. The maximum absolute atomic E-state index is 13.1. The molecule has 4 rings (SSSR count). The molecule has 0 bridgehead atoms. The van der Waals surface area contributed by atoms with Crippen molar-refractivity contribution in [2.45, 2.75) is 19.3 Å². The van der Waals surface area contributed by atoms with Gasteiger partial charge in [0.05, 0.1) is 5.56 Å². The van der Waals surface area contributed by atoms with Gasteiger partial charge in [-0.15, -0.1) is 0 Å². The summed E-state index contributed by atoms with van der Waals surface area (Å²) in [5.74, 6) is 0.462. The van der Waals surface area contributed by atoms with E-state index in [1.165, 1.54) is 5.56 Å². The van der Waals surface area contributed by atoms with Crippen LogP contribution >= 0.6 is 0 Å². The number of likely N-dealkylation sites (tertiary alicyclic amines) is 1. The first-order chi connectivity index (χ1) is 14.7. The van der Waals surface area contributed by atoms with Crippen molar-refractivity contribution in [3.63, 3.8) is 0 Å². The highest BCUT2D eigenvalue weighted by Gasteiger charge is 2.24. The summed E-state index contributed by atoms with van der Waals surface area (Å²) in [6.07, 6.45) is 4.78. The predicted octanol–water partition coefficient (Wildman–Crippen LogP) is 2.95. The molecule has 0 saturated carbocycles. The Balaban J connectivity index is 1.43. The molecule has 2 heterocycles. The van der Waals surface area contributed by atoms with Crippen LogP contribution in [0.5, 0.6) is 0 Å². The van der Waals surface area contributed by atoms with Crippen LogP contribution in [-0.2, 0) is 6.42 Å². The van der Waals surface area contributed by atoms with Gasteiger partial charge < -0.3 is 20.9 Å². The van der Waals surface area contributed by atoms with Crippen LogP contribution in [0.2, 0.25) is 0 Å². The summed E-state index contributed by atoms with van der Waals surface area (Å²) in [4.78, 5) is 30.5. The quantitative estimate of drug-likeness (QED) is 0.590. The van der Waals surface area contributed by atoms with Crippen LogP contribution in [-0.4, -0.2) is 47.9 Å². The molecule has 1 aliphatic heterocycles. The van der Waals surface area contributed by atoms with Crippen LogP contribution in [0.4, 0.5) is 0 Å². The van der Waals surface area contributed by atoms with E-state index in [0.29, 0.717) is 30.1 Å². The molecule has 1 fully saturated rings. The van der Waals surface area contributed by atoms with Gasteiger partial charge in [-0.25, -0.2) is 0 Å². The van der Waals surface area contributed by atoms with E-state index in [0.717, 1.165) is 43.3 Å². The molecular formula is C24H28N4O2. The highest BCUT2D eigenvalue weighted by Crippen LogP contribution is 2.25. The zero-order valence-electron chi connectivity index (χ0n) is 17.1. The van der Waals surface area contributed by atoms with Gasteiger partial charge in [0.15, 0.2) is 0 Å². The average molecular weight is 405 g/mol. The molecule has 0 atom stereocenters. The van der Waals surface area contributed by atoms with E-state index in [1.54, 1.807) is 6.20 Å². The normalized spacial score (nSPS) is 14.8. The minimum atomic E-state index is -0.182. The van der Waals surface area contributed by atoms with Crippen LogP contribution in [0.1, 0.15) is 39.1 Å². The van der Waals surface area contributed by atoms with Crippen molar-refractivity contribution in [1.82, 2.24) is 15.2 Å². The first-order valence-corrected chi connectivity index (χ1v) is 10.6. The first-order valence-electron chi connectivity index (χ1n) is 10.6. The molecule has 3 aromatic rings. The lowest BCUT2D eigenvalue weighted by atomic mass is 9.90. The molecular weight excluding hydrogens is 376 g/mol. The van der Waals surface area contributed by atoms with Gasteiger partial charge in [-0.2, -0.15) is 0 Å². The summed E-state index contributed by atoms with van der Waals surface area (Å²) < 4.78 is 0. The number of aromatic amines is 1. The SMILES string of the molecule is NCCNC(=O)c1c[nH]c2ccc(C(=O)N3CCC(Cc4ccccc4)CC3)cc12. The molecule has 0 aliphatic carbocycles. The fraction of sp³-hybridized carbons (Fsp3) is 0.333. The second-order valence-electron chi connectivity index (χ2n) is 7.93. The Labute approximate surface area is 176 Å². The molecule has 0 spiro atoms. The molecule has 2 amide bonds. The van der Waals surface area contributed by atoms with Crippen molar-refractivity contribution >= 4 is 22.7 Å². The molecule has 0 unspecified atom stereocenters. The van der Waals surface area contributed by atoms with Gasteiger partial charge >= 0.3 is 0 Å². The summed E-state index contributed by atoms with van der Waals surface area (Å²) in [5, 5.41) is 3.54. The molecule has 1 aliphatic rings. The van der Waals surface area contributed by atoms with Gasteiger partial charge in [0.25, 0.3) is 11.8 Å². The number of amides is 2. The Morgan fingerprint density at radius 2 is 1.87 bits per heavy atom. The third-order valence-electron chi connectivity index (χ3n) is 5.87. The first kappa shape index (κ1) is 20.2. The Bertz CT molecular complexity index is 1020. The number of nitrogens with two attached hydrogens (primary N) is 1. The summed E-state index contributed by atoms with van der Waals surface area (Å²) in [5.41, 5.74) is 8.83. The standard InChI is InChI=1S/C24H28N4O2/c25-10-11-26-23(29)21-16-27-22-7-6-19(15-20(21)22)24(30)28-12-8-18(9-13-28)14-17-4-2-1-3-5-17/h1-7,15-16,18,27H,8-14,25H2,(H,26,29). The number of fused-ring (bicyclic) bond motifs is 1. The average Bonchev–Trinajstić information content (AvgIpc) is 3.21. The van der Waals surface area contributed by atoms with E-state index >= 15 is 0 Å². The highest BCUT2D eigenvalue weighted by atomic mass is 16.2. The van der Waals surface area contributed by atoms with E-state index in [2.05, 4.69) is 34.6 Å². The number of hydrogen-bond donors (Lipinski definition) is 3. The lowest BCUT2D eigenvalue weighted by Gasteiger charge is -2.32. The minimum absolute atomic E-state index is 0.0320. The van der Waals surface area contributed by atoms with Gasteiger partial charge in [-0.3, -0.25) is 9.59 Å². The molecule has 0 radical (unpaired) electrons. The van der Waals surface area contributed by atoms with Gasteiger partial charge in [-0.1, -0.05) is 30.3 Å². The zero-order chi connectivity index (χ0) is 20.9. The number of nitrogens with zero attached hydrogens (tertiary/aromatic N) is 1. The van der Waals surface area contributed by atoms with Crippen molar-refractivity contribution in [1.29, 1.82) is 0 Å². The smallest absolute Gasteiger partial charge is 0.253 e. The summed E-state index contributed by atoms with van der Waals surface area (Å²) in [6.45, 7) is 2.34. The van der Waals surface area contributed by atoms with E-state index < -0.39 is 0 Å². The summed E-state index contributed by atoms with van der Waals surface area (Å²) in [6, 6.07) is 16.1. The number of piperidine rings is 1. The summed E-state index contributed by atoms with van der Waals surface area (Å²) >= 11 is 0. The topological polar surface area (TPSA) is 91.2 Å². The van der Waals surface area contributed by atoms with Crippen molar-refractivity contribution < 1.29 is 9.59 Å². The number of benzene rings is 2. The van der Waals surface area contributed by atoms with Gasteiger partial charge in [0.2, 0.25) is 0 Å². The summed E-state index contributed by atoms with van der Waals surface area (Å²) in [7, 11) is 0. The Kier molecular flexibility index (Phi) is 6.14. The fourth-order valence-electron chi connectivity index (χ4n) is 4.19. The van der Waals surface area contributed by atoms with Gasteiger partial charge in [0.1, 0.15) is 0 Å². The minimum Gasteiger partial charge on any atom is -0.360 e. The number of nitrogens with one attached hydrogen (secondary N) is 2. The third kappa shape index (κ3) is 4.39. The van der Waals surface area contributed by atoms with Crippen molar-refractivity contribution in [2.75, 3.05) is 26.2 Å². The third-order valence-corrected chi connectivity index (χ3v) is 5.87. The Hall–Kier alpha value is -3.12. The van der Waals surface area contributed by atoms with Crippen LogP contribution in [0.25, 0.3) is 10.9 Å². The fourth-order valence-corrected chi connectivity index (χ4v) is 4.19. The van der Waals surface area contributed by atoms with Gasteiger partial charge in [-0.05, 0) is 48.9 Å². The van der Waals surface area contributed by atoms with E-state index in [4.69, 9.17) is 5.73 Å². The maximum Gasteiger partial charge on any atom is 0.253 e. The lowest BCUT2D eigenvalue weighted by Crippen LogP contribution is -2.38. The number of H-pyrrole nitrogens is 1. The molecule has 1 aromatic heterocycles. The largest absolute Gasteiger partial charge is 0.360 e. The molecule has 2 aromatic carbocycles. The Morgan fingerprint density at radius 1 is 1.10 bits per heavy atom. The molecule has 156 valence electrons. The van der Waals surface area contributed by atoms with Gasteiger partial charge in [0, 0.05) is 48.8 Å². The van der Waals surface area contributed by atoms with Crippen LogP contribution < -0.4 is 11.1 Å². The van der Waals surface area contributed by atoms with Crippen molar-refractivity contribution in [2.24, 2.45) is 11.7 Å². The second kappa shape index (κ2) is 9.13. The van der Waals surface area contributed by atoms with Crippen molar-refractivity contribution in [3.8, 4) is 0 Å². The number of rotatable bonds is 6. The predicted molar refractivity (Wildman–Crippen MR) is 118 cm³/mol. The number of aromatic nitrogens is 1. The van der Waals surface area contributed by atoms with E-state index in [1.807, 2.05) is 29.2 Å². The zero-order valence-corrected chi connectivity index (χ0v) is 17.1. The van der Waals surface area contributed by atoms with Crippen LogP contribution in [0.3, 0.4) is 0 Å². The molecule has 1 saturated heterocycles. The van der Waals surface area contributed by atoms with Crippen molar-refractivity contribution in [3.05, 3.63) is 71.4 Å². The second-order valence-corrected chi connectivity index (χ2v) is 7.93. The number of carbonyl (C=O) groups excluding carboxylic acids is 2. The molecule has 30 heavy (non-hydrogen) atoms. The Morgan fingerprint density at radius 3 is 2.60 bits per heavy atom. The van der Waals surface area contributed by atoms with E-state index in [-0.39, 0.29) is 11.8 Å². The molecule has 6 nitrogen and oxygen atoms in total. The highest BCUT2D eigenvalue weighted by molar-refractivity contribution is 6.08. The van der Waals surface area contributed by atoms with E-state index in [9.17, 15) is 9.59 Å². The number of carbonyl (C=O) groups is 2. The molecule has 6 heteroatoms. The van der Waals surface area contributed by atoms with Crippen LogP contribution in [0.15, 0.2) is 54.7 Å².